The van der Waals surface area contributed by atoms with E-state index >= 15 is 0 Å². The number of hydrogen-bond donors (Lipinski definition) is 0. The Morgan fingerprint density at radius 1 is 0.969 bits per heavy atom. The summed E-state index contributed by atoms with van der Waals surface area (Å²) in [6, 6.07) is 22.8. The number of halogens is 1. The van der Waals surface area contributed by atoms with E-state index < -0.39 is 5.97 Å². The molecule has 0 aliphatic heterocycles. The Morgan fingerprint density at radius 3 is 2.34 bits per heavy atom. The van der Waals surface area contributed by atoms with E-state index in [0.717, 1.165) is 22.4 Å². The van der Waals surface area contributed by atoms with Crippen LogP contribution in [0.15, 0.2) is 77.3 Å². The third kappa shape index (κ3) is 4.68. The van der Waals surface area contributed by atoms with E-state index in [1.54, 1.807) is 19.1 Å². The van der Waals surface area contributed by atoms with Crippen LogP contribution in [0.4, 0.5) is 0 Å². The van der Waals surface area contributed by atoms with Gasteiger partial charge in [-0.3, -0.25) is 0 Å². The van der Waals surface area contributed by atoms with Gasteiger partial charge in [-0.15, -0.1) is 0 Å². The number of rotatable bonds is 7. The van der Waals surface area contributed by atoms with E-state index in [-0.39, 0.29) is 12.3 Å². The maximum atomic E-state index is 12.5. The predicted molar refractivity (Wildman–Crippen MR) is 124 cm³/mol. The van der Waals surface area contributed by atoms with E-state index in [1.165, 1.54) is 5.56 Å². The second-order valence-corrected chi connectivity index (χ2v) is 7.64. The molecule has 0 atom stereocenters. The van der Waals surface area contributed by atoms with Crippen molar-refractivity contribution in [2.75, 3.05) is 6.61 Å². The van der Waals surface area contributed by atoms with Gasteiger partial charge in [0.25, 0.3) is 0 Å². The lowest BCUT2D eigenvalue weighted by Crippen LogP contribution is -2.06. The average Bonchev–Trinajstić information content (AvgIpc) is 3.25. The Morgan fingerprint density at radius 2 is 1.66 bits per heavy atom. The van der Waals surface area contributed by atoms with Crippen LogP contribution >= 0.6 is 11.6 Å². The summed E-state index contributed by atoms with van der Waals surface area (Å²) < 4.78 is 16.7. The molecular weight excluding hydrogens is 426 g/mol. The number of ether oxygens (including phenoxy) is 2. The molecule has 4 rings (SSSR count). The Hall–Kier alpha value is -3.57. The number of aromatic nitrogens is 1. The molecule has 0 unspecified atom stereocenters. The summed E-state index contributed by atoms with van der Waals surface area (Å²) in [5, 5.41) is 4.60. The van der Waals surface area contributed by atoms with Crippen molar-refractivity contribution in [3.05, 3.63) is 94.6 Å². The molecular formula is C26H22ClNO4. The molecule has 1 heterocycles. The van der Waals surface area contributed by atoms with Crippen molar-refractivity contribution in [2.24, 2.45) is 0 Å². The maximum Gasteiger partial charge on any atom is 0.361 e. The molecule has 0 aliphatic carbocycles. The van der Waals surface area contributed by atoms with E-state index in [4.69, 9.17) is 25.6 Å². The first-order valence-corrected chi connectivity index (χ1v) is 10.6. The van der Waals surface area contributed by atoms with Gasteiger partial charge < -0.3 is 14.0 Å². The highest BCUT2D eigenvalue weighted by Crippen LogP contribution is 2.36. The van der Waals surface area contributed by atoms with Crippen LogP contribution in [-0.2, 0) is 11.3 Å². The Labute approximate surface area is 191 Å². The molecule has 0 aliphatic rings. The largest absolute Gasteiger partial charge is 0.489 e. The van der Waals surface area contributed by atoms with Gasteiger partial charge in [0.1, 0.15) is 12.4 Å². The third-order valence-electron chi connectivity index (χ3n) is 5.07. The van der Waals surface area contributed by atoms with Crippen molar-refractivity contribution in [3.63, 3.8) is 0 Å². The minimum Gasteiger partial charge on any atom is -0.489 e. The number of aryl methyl sites for hydroxylation is 1. The van der Waals surface area contributed by atoms with Crippen molar-refractivity contribution in [1.29, 1.82) is 0 Å². The topological polar surface area (TPSA) is 61.6 Å². The fourth-order valence-electron chi connectivity index (χ4n) is 3.35. The molecule has 32 heavy (non-hydrogen) atoms. The molecule has 4 aromatic rings. The van der Waals surface area contributed by atoms with Crippen LogP contribution in [0.3, 0.4) is 0 Å². The summed E-state index contributed by atoms with van der Waals surface area (Å²) in [7, 11) is 0. The quantitative estimate of drug-likeness (QED) is 0.294. The average molecular weight is 448 g/mol. The molecule has 0 N–H and O–H groups in total. The van der Waals surface area contributed by atoms with E-state index in [9.17, 15) is 4.79 Å². The highest BCUT2D eigenvalue weighted by Gasteiger charge is 2.25. The SMILES string of the molecule is CCOC(=O)c1noc(-c2ccc(OCc3ccccc3C)cc2)c1-c1ccc(Cl)cc1. The van der Waals surface area contributed by atoms with Gasteiger partial charge in [0.15, 0.2) is 11.5 Å². The Kier molecular flexibility index (Phi) is 6.57. The van der Waals surface area contributed by atoms with Crippen molar-refractivity contribution >= 4 is 17.6 Å². The van der Waals surface area contributed by atoms with Crippen LogP contribution in [-0.4, -0.2) is 17.7 Å². The molecule has 0 saturated carbocycles. The lowest BCUT2D eigenvalue weighted by atomic mass is 9.99. The first kappa shape index (κ1) is 21.7. The number of hydrogen-bond acceptors (Lipinski definition) is 5. The van der Waals surface area contributed by atoms with E-state index in [2.05, 4.69) is 18.1 Å². The molecule has 0 spiro atoms. The van der Waals surface area contributed by atoms with Crippen LogP contribution < -0.4 is 4.74 Å². The summed E-state index contributed by atoms with van der Waals surface area (Å²) in [6.07, 6.45) is 0. The Bertz CT molecular complexity index is 1210. The van der Waals surface area contributed by atoms with E-state index in [0.29, 0.717) is 23.0 Å². The van der Waals surface area contributed by atoms with Crippen LogP contribution in [0.1, 0.15) is 28.5 Å². The van der Waals surface area contributed by atoms with Gasteiger partial charge in [-0.2, -0.15) is 0 Å². The molecule has 0 radical (unpaired) electrons. The zero-order valence-electron chi connectivity index (χ0n) is 17.8. The molecule has 0 saturated heterocycles. The molecule has 6 heteroatoms. The predicted octanol–water partition coefficient (Wildman–Crippen LogP) is 6.73. The first-order valence-electron chi connectivity index (χ1n) is 10.3. The summed E-state index contributed by atoms with van der Waals surface area (Å²) in [4.78, 5) is 12.5. The minimum atomic E-state index is -0.536. The lowest BCUT2D eigenvalue weighted by molar-refractivity contribution is 0.0515. The van der Waals surface area contributed by atoms with Crippen LogP contribution in [0.25, 0.3) is 22.5 Å². The zero-order valence-corrected chi connectivity index (χ0v) is 18.6. The molecule has 1 aromatic heterocycles. The lowest BCUT2D eigenvalue weighted by Gasteiger charge is -2.09. The van der Waals surface area contributed by atoms with Gasteiger partial charge in [0.2, 0.25) is 0 Å². The van der Waals surface area contributed by atoms with Gasteiger partial charge in [0, 0.05) is 10.6 Å². The Balaban J connectivity index is 1.63. The monoisotopic (exact) mass is 447 g/mol. The molecule has 0 fully saturated rings. The van der Waals surface area contributed by atoms with Crippen LogP contribution in [0.5, 0.6) is 5.75 Å². The summed E-state index contributed by atoms with van der Waals surface area (Å²) in [6.45, 7) is 4.53. The number of carbonyl (C=O) groups is 1. The van der Waals surface area contributed by atoms with Gasteiger partial charge in [-0.05, 0) is 66.9 Å². The fraction of sp³-hybridized carbons (Fsp3) is 0.154. The molecule has 5 nitrogen and oxygen atoms in total. The number of carbonyl (C=O) groups excluding carboxylic acids is 1. The summed E-state index contributed by atoms with van der Waals surface area (Å²) >= 11 is 6.04. The number of nitrogens with zero attached hydrogens (tertiary/aromatic N) is 1. The molecule has 0 bridgehead atoms. The van der Waals surface area contributed by atoms with Gasteiger partial charge in [-0.1, -0.05) is 53.2 Å². The van der Waals surface area contributed by atoms with Gasteiger partial charge >= 0.3 is 5.97 Å². The summed E-state index contributed by atoms with van der Waals surface area (Å²) in [5.74, 6) is 0.668. The zero-order chi connectivity index (χ0) is 22.5. The highest BCUT2D eigenvalue weighted by atomic mass is 35.5. The maximum absolute atomic E-state index is 12.5. The second-order valence-electron chi connectivity index (χ2n) is 7.20. The number of esters is 1. The van der Waals surface area contributed by atoms with Crippen molar-refractivity contribution in [1.82, 2.24) is 5.16 Å². The molecule has 0 amide bonds. The summed E-state index contributed by atoms with van der Waals surface area (Å²) in [5.41, 5.74) is 4.54. The van der Waals surface area contributed by atoms with Crippen molar-refractivity contribution < 1.29 is 18.8 Å². The molecule has 162 valence electrons. The second kappa shape index (κ2) is 9.71. The van der Waals surface area contributed by atoms with Crippen LogP contribution in [0.2, 0.25) is 5.02 Å². The normalized spacial score (nSPS) is 10.7. The third-order valence-corrected chi connectivity index (χ3v) is 5.32. The highest BCUT2D eigenvalue weighted by molar-refractivity contribution is 6.30. The standard InChI is InChI=1S/C26H22ClNO4/c1-3-30-26(29)24-23(18-8-12-21(27)13-9-18)25(32-28-24)19-10-14-22(15-11-19)31-16-20-7-5-4-6-17(20)2/h4-15H,3,16H2,1-2H3. The first-order chi connectivity index (χ1) is 15.6. The molecule has 3 aromatic carbocycles. The van der Waals surface area contributed by atoms with E-state index in [1.807, 2.05) is 54.6 Å². The minimum absolute atomic E-state index is 0.129. The van der Waals surface area contributed by atoms with Crippen molar-refractivity contribution in [2.45, 2.75) is 20.5 Å². The fourth-order valence-corrected chi connectivity index (χ4v) is 3.47. The number of benzene rings is 3. The smallest absolute Gasteiger partial charge is 0.361 e. The van der Waals surface area contributed by atoms with Gasteiger partial charge in [0.05, 0.1) is 12.2 Å². The van der Waals surface area contributed by atoms with Crippen molar-refractivity contribution in [3.8, 4) is 28.2 Å². The van der Waals surface area contributed by atoms with Gasteiger partial charge in [-0.25, -0.2) is 4.79 Å². The van der Waals surface area contributed by atoms with Crippen LogP contribution in [0, 0.1) is 6.92 Å².